The second-order valence-corrected chi connectivity index (χ2v) is 5.29. The van der Waals surface area contributed by atoms with E-state index in [9.17, 15) is 4.79 Å². The number of amides is 1. The van der Waals surface area contributed by atoms with Crippen molar-refractivity contribution in [3.8, 4) is 11.3 Å². The first-order valence-electron chi connectivity index (χ1n) is 7.41. The molecule has 1 aromatic heterocycles. The normalized spacial score (nSPS) is 21.3. The third kappa shape index (κ3) is 3.32. The Morgan fingerprint density at radius 2 is 2.14 bits per heavy atom. The first kappa shape index (κ1) is 14.7. The topological polar surface area (TPSA) is 63.2 Å². The van der Waals surface area contributed by atoms with E-state index in [2.05, 4.69) is 15.6 Å². The number of carbonyl (C=O) groups excluding carboxylic acids is 1. The van der Waals surface area contributed by atoms with Gasteiger partial charge in [-0.25, -0.2) is 0 Å². The molecule has 1 aromatic carbocycles. The van der Waals surface area contributed by atoms with Gasteiger partial charge in [-0.15, -0.1) is 0 Å². The van der Waals surface area contributed by atoms with Crippen molar-refractivity contribution in [3.05, 3.63) is 48.7 Å². The first-order valence-corrected chi connectivity index (χ1v) is 7.41. The van der Waals surface area contributed by atoms with Crippen molar-refractivity contribution in [3.63, 3.8) is 0 Å². The Bertz CT molecular complexity index is 645. The Labute approximate surface area is 129 Å². The fourth-order valence-electron chi connectivity index (χ4n) is 2.52. The van der Waals surface area contributed by atoms with Crippen LogP contribution in [0.15, 0.2) is 48.7 Å². The number of morpholine rings is 1. The summed E-state index contributed by atoms with van der Waals surface area (Å²) in [6.45, 7) is 3.23. The molecule has 22 heavy (non-hydrogen) atoms. The molecule has 0 aliphatic carbocycles. The lowest BCUT2D eigenvalue weighted by Crippen LogP contribution is -2.53. The SMILES string of the molecule is C[C@H]1OCCN[C@@H]1C(=O)Nc1ccnc(-c2ccccc2)c1. The number of nitrogens with one attached hydrogen (secondary N) is 2. The maximum atomic E-state index is 12.4. The minimum Gasteiger partial charge on any atom is -0.375 e. The van der Waals surface area contributed by atoms with Gasteiger partial charge in [-0.05, 0) is 19.1 Å². The highest BCUT2D eigenvalue weighted by molar-refractivity contribution is 5.95. The maximum absolute atomic E-state index is 12.4. The third-order valence-electron chi connectivity index (χ3n) is 3.70. The molecule has 3 rings (SSSR count). The van der Waals surface area contributed by atoms with E-state index in [0.29, 0.717) is 13.2 Å². The van der Waals surface area contributed by atoms with Crippen LogP contribution in [0.25, 0.3) is 11.3 Å². The largest absolute Gasteiger partial charge is 0.375 e. The van der Waals surface area contributed by atoms with E-state index in [4.69, 9.17) is 4.74 Å². The summed E-state index contributed by atoms with van der Waals surface area (Å²) in [6, 6.07) is 13.2. The molecule has 2 atom stereocenters. The van der Waals surface area contributed by atoms with Crippen LogP contribution >= 0.6 is 0 Å². The molecule has 1 aliphatic heterocycles. The van der Waals surface area contributed by atoms with Gasteiger partial charge in [0.15, 0.2) is 0 Å². The number of anilines is 1. The van der Waals surface area contributed by atoms with Gasteiger partial charge in [0.1, 0.15) is 6.04 Å². The predicted molar refractivity (Wildman–Crippen MR) is 85.5 cm³/mol. The third-order valence-corrected chi connectivity index (χ3v) is 3.70. The number of pyridine rings is 1. The first-order chi connectivity index (χ1) is 10.7. The van der Waals surface area contributed by atoms with Crippen LogP contribution in [0.5, 0.6) is 0 Å². The molecule has 0 bridgehead atoms. The molecule has 0 saturated carbocycles. The Morgan fingerprint density at radius 3 is 2.91 bits per heavy atom. The Morgan fingerprint density at radius 1 is 1.32 bits per heavy atom. The molecule has 0 unspecified atom stereocenters. The van der Waals surface area contributed by atoms with E-state index in [1.165, 1.54) is 0 Å². The van der Waals surface area contributed by atoms with Gasteiger partial charge in [0.05, 0.1) is 18.4 Å². The van der Waals surface area contributed by atoms with Gasteiger partial charge >= 0.3 is 0 Å². The standard InChI is InChI=1S/C17H19N3O2/c1-12-16(19-9-10-22-12)17(21)20-14-7-8-18-15(11-14)13-5-3-2-4-6-13/h2-8,11-12,16,19H,9-10H2,1H3,(H,18,20,21)/t12-,16+/m1/s1. The zero-order valence-electron chi connectivity index (χ0n) is 12.5. The Hall–Kier alpha value is -2.24. The molecular weight excluding hydrogens is 278 g/mol. The number of rotatable bonds is 3. The van der Waals surface area contributed by atoms with Crippen LogP contribution in [0.2, 0.25) is 0 Å². The number of hydrogen-bond donors (Lipinski definition) is 2. The number of aromatic nitrogens is 1. The number of benzene rings is 1. The summed E-state index contributed by atoms with van der Waals surface area (Å²) in [4.78, 5) is 16.7. The van der Waals surface area contributed by atoms with Crippen LogP contribution in [0.3, 0.4) is 0 Å². The van der Waals surface area contributed by atoms with Gasteiger partial charge < -0.3 is 15.4 Å². The molecule has 2 aromatic rings. The summed E-state index contributed by atoms with van der Waals surface area (Å²) in [5, 5.41) is 6.11. The molecule has 1 fully saturated rings. The second kappa shape index (κ2) is 6.68. The monoisotopic (exact) mass is 297 g/mol. The summed E-state index contributed by atoms with van der Waals surface area (Å²) >= 11 is 0. The van der Waals surface area contributed by atoms with Crippen LogP contribution in [-0.2, 0) is 9.53 Å². The van der Waals surface area contributed by atoms with Gasteiger partial charge in [0, 0.05) is 24.0 Å². The molecule has 5 nitrogen and oxygen atoms in total. The highest BCUT2D eigenvalue weighted by atomic mass is 16.5. The molecule has 5 heteroatoms. The molecular formula is C17H19N3O2. The summed E-state index contributed by atoms with van der Waals surface area (Å²) in [6.07, 6.45) is 1.57. The minimum absolute atomic E-state index is 0.0857. The van der Waals surface area contributed by atoms with Crippen molar-refractivity contribution >= 4 is 11.6 Å². The van der Waals surface area contributed by atoms with Crippen molar-refractivity contribution in [1.29, 1.82) is 0 Å². The fraction of sp³-hybridized carbons (Fsp3) is 0.294. The molecule has 0 spiro atoms. The van der Waals surface area contributed by atoms with E-state index in [0.717, 1.165) is 16.9 Å². The number of nitrogens with zero attached hydrogens (tertiary/aromatic N) is 1. The van der Waals surface area contributed by atoms with E-state index in [-0.39, 0.29) is 18.1 Å². The van der Waals surface area contributed by atoms with Crippen molar-refractivity contribution in [1.82, 2.24) is 10.3 Å². The van der Waals surface area contributed by atoms with Crippen LogP contribution in [0.1, 0.15) is 6.92 Å². The zero-order valence-corrected chi connectivity index (χ0v) is 12.5. The maximum Gasteiger partial charge on any atom is 0.244 e. The highest BCUT2D eigenvalue weighted by Gasteiger charge is 2.28. The average Bonchev–Trinajstić information content (AvgIpc) is 2.56. The average molecular weight is 297 g/mol. The lowest BCUT2D eigenvalue weighted by atomic mass is 10.1. The lowest BCUT2D eigenvalue weighted by Gasteiger charge is -2.29. The number of hydrogen-bond acceptors (Lipinski definition) is 4. The molecule has 1 aliphatic rings. The van der Waals surface area contributed by atoms with Gasteiger partial charge in [0.25, 0.3) is 0 Å². The molecule has 2 N–H and O–H groups in total. The van der Waals surface area contributed by atoms with Crippen LogP contribution in [0.4, 0.5) is 5.69 Å². The molecule has 0 radical (unpaired) electrons. The summed E-state index contributed by atoms with van der Waals surface area (Å²) in [5.74, 6) is -0.0857. The second-order valence-electron chi connectivity index (χ2n) is 5.29. The Balaban J connectivity index is 1.74. The molecule has 114 valence electrons. The predicted octanol–water partition coefficient (Wildman–Crippen LogP) is 2.06. The molecule has 1 saturated heterocycles. The van der Waals surface area contributed by atoms with Crippen LogP contribution in [-0.4, -0.2) is 36.2 Å². The van der Waals surface area contributed by atoms with Gasteiger partial charge in [-0.1, -0.05) is 30.3 Å². The lowest BCUT2D eigenvalue weighted by molar-refractivity contribution is -0.123. The van der Waals surface area contributed by atoms with Crippen molar-refractivity contribution in [2.24, 2.45) is 0 Å². The number of carbonyl (C=O) groups is 1. The van der Waals surface area contributed by atoms with Crippen LogP contribution in [0, 0.1) is 0 Å². The van der Waals surface area contributed by atoms with E-state index in [1.54, 1.807) is 12.3 Å². The summed E-state index contributed by atoms with van der Waals surface area (Å²) in [7, 11) is 0. The quantitative estimate of drug-likeness (QED) is 0.910. The minimum atomic E-state index is -0.331. The fourth-order valence-corrected chi connectivity index (χ4v) is 2.52. The Kier molecular flexibility index (Phi) is 4.46. The van der Waals surface area contributed by atoms with Crippen LogP contribution < -0.4 is 10.6 Å². The summed E-state index contributed by atoms with van der Waals surface area (Å²) in [5.41, 5.74) is 2.59. The van der Waals surface area contributed by atoms with E-state index >= 15 is 0 Å². The smallest absolute Gasteiger partial charge is 0.244 e. The molecule has 1 amide bonds. The summed E-state index contributed by atoms with van der Waals surface area (Å²) < 4.78 is 5.51. The number of ether oxygens (including phenoxy) is 1. The van der Waals surface area contributed by atoms with E-state index < -0.39 is 0 Å². The van der Waals surface area contributed by atoms with Crippen molar-refractivity contribution in [2.75, 3.05) is 18.5 Å². The van der Waals surface area contributed by atoms with Gasteiger partial charge in [0.2, 0.25) is 5.91 Å². The van der Waals surface area contributed by atoms with Gasteiger partial charge in [-0.3, -0.25) is 9.78 Å². The molecule has 2 heterocycles. The van der Waals surface area contributed by atoms with Gasteiger partial charge in [-0.2, -0.15) is 0 Å². The van der Waals surface area contributed by atoms with Crippen molar-refractivity contribution in [2.45, 2.75) is 19.1 Å². The zero-order chi connectivity index (χ0) is 15.4. The highest BCUT2D eigenvalue weighted by Crippen LogP contribution is 2.20. The van der Waals surface area contributed by atoms with E-state index in [1.807, 2.05) is 43.3 Å². The van der Waals surface area contributed by atoms with Crippen molar-refractivity contribution < 1.29 is 9.53 Å².